The van der Waals surface area contributed by atoms with Crippen LogP contribution in [0.25, 0.3) is 5.65 Å². The topological polar surface area (TPSA) is 79.9 Å². The van der Waals surface area contributed by atoms with Crippen molar-refractivity contribution in [3.8, 4) is 6.07 Å². The van der Waals surface area contributed by atoms with E-state index in [2.05, 4.69) is 14.9 Å². The van der Waals surface area contributed by atoms with E-state index in [-0.39, 0.29) is 55.0 Å². The lowest BCUT2D eigenvalue weighted by molar-refractivity contribution is -0.349. The highest BCUT2D eigenvalue weighted by molar-refractivity contribution is 5.95. The van der Waals surface area contributed by atoms with E-state index in [4.69, 9.17) is 0 Å². The summed E-state index contributed by atoms with van der Waals surface area (Å²) in [5, 5.41) is 10.4. The highest BCUT2D eigenvalue weighted by Gasteiger charge is 2.41. The number of hydrogen-bond acceptors (Lipinski definition) is 5. The molecule has 2 aliphatic rings. The number of pyridine rings is 1. The molecule has 3 heterocycles. The van der Waals surface area contributed by atoms with Crippen molar-refractivity contribution in [1.29, 1.82) is 5.26 Å². The molecule has 1 aliphatic carbocycles. The molecular formula is C19H17F5N4O3. The van der Waals surface area contributed by atoms with Crippen molar-refractivity contribution in [2.45, 2.75) is 44.2 Å². The SMILES string of the molecule is N#Cc1cc(C(=O)N2CCOO2)cc2nc(C(F)(F)F)c(CC3CCC(F)(F)CC3)n12. The molecule has 4 rings (SSSR count). The Kier molecular flexibility index (Phi) is 5.35. The zero-order chi connectivity index (χ0) is 22.4. The number of carbonyl (C=O) groups excluding carboxylic acids is 1. The van der Waals surface area contributed by atoms with Gasteiger partial charge in [0.05, 0.1) is 12.2 Å². The number of hydrogen-bond donors (Lipinski definition) is 0. The summed E-state index contributed by atoms with van der Waals surface area (Å²) in [4.78, 5) is 25.5. The lowest BCUT2D eigenvalue weighted by Gasteiger charge is -2.28. The molecule has 1 aliphatic heterocycles. The van der Waals surface area contributed by atoms with Gasteiger partial charge in [-0.3, -0.25) is 9.20 Å². The van der Waals surface area contributed by atoms with E-state index < -0.39 is 42.5 Å². The summed E-state index contributed by atoms with van der Waals surface area (Å²) < 4.78 is 69.1. The standard InChI is InChI=1S/C19H17F5N4O3/c20-18(21)3-1-11(2-4-18)7-14-16(19(22,23)24)26-15-9-12(8-13(10-25)28(14)15)17(29)27-5-6-30-31-27/h8-9,11H,1-7H2. The van der Waals surface area contributed by atoms with Gasteiger partial charge in [0.15, 0.2) is 5.69 Å². The summed E-state index contributed by atoms with van der Waals surface area (Å²) in [6.07, 6.45) is -5.61. The minimum atomic E-state index is -4.82. The zero-order valence-corrected chi connectivity index (χ0v) is 16.1. The van der Waals surface area contributed by atoms with Crippen molar-refractivity contribution < 1.29 is 36.6 Å². The van der Waals surface area contributed by atoms with E-state index in [1.807, 2.05) is 0 Å². The Morgan fingerprint density at radius 3 is 2.58 bits per heavy atom. The third-order valence-electron chi connectivity index (χ3n) is 5.51. The molecule has 1 amide bonds. The molecule has 0 spiro atoms. The van der Waals surface area contributed by atoms with Crippen LogP contribution in [0.1, 0.15) is 53.1 Å². The number of imidazole rings is 1. The lowest BCUT2D eigenvalue weighted by atomic mass is 9.83. The van der Waals surface area contributed by atoms with Crippen LogP contribution in [0.2, 0.25) is 0 Å². The molecule has 0 atom stereocenters. The molecule has 2 fully saturated rings. The second-order valence-corrected chi connectivity index (χ2v) is 7.65. The van der Waals surface area contributed by atoms with Gasteiger partial charge >= 0.3 is 6.18 Å². The van der Waals surface area contributed by atoms with Gasteiger partial charge in [-0.2, -0.15) is 23.5 Å². The number of rotatable bonds is 3. The average Bonchev–Trinajstić information content (AvgIpc) is 3.36. The van der Waals surface area contributed by atoms with Crippen LogP contribution in [0.3, 0.4) is 0 Å². The molecule has 1 saturated heterocycles. The van der Waals surface area contributed by atoms with E-state index >= 15 is 0 Å². The second kappa shape index (κ2) is 7.72. The predicted octanol–water partition coefficient (Wildman–Crippen LogP) is 3.91. The van der Waals surface area contributed by atoms with Gasteiger partial charge in [0, 0.05) is 18.4 Å². The van der Waals surface area contributed by atoms with Gasteiger partial charge in [-0.15, -0.1) is 4.99 Å². The van der Waals surface area contributed by atoms with Crippen molar-refractivity contribution >= 4 is 11.6 Å². The van der Waals surface area contributed by atoms with Gasteiger partial charge < -0.3 is 0 Å². The molecule has 0 N–H and O–H groups in total. The molecule has 2 aromatic heterocycles. The lowest BCUT2D eigenvalue weighted by Crippen LogP contribution is -2.27. The Morgan fingerprint density at radius 1 is 1.29 bits per heavy atom. The minimum Gasteiger partial charge on any atom is -0.287 e. The Labute approximate surface area is 172 Å². The number of fused-ring (bicyclic) bond motifs is 1. The minimum absolute atomic E-state index is 0.0717. The summed E-state index contributed by atoms with van der Waals surface area (Å²) in [7, 11) is 0. The molecule has 166 valence electrons. The maximum Gasteiger partial charge on any atom is 0.435 e. The molecule has 7 nitrogen and oxygen atoms in total. The van der Waals surface area contributed by atoms with Gasteiger partial charge in [-0.1, -0.05) is 0 Å². The zero-order valence-electron chi connectivity index (χ0n) is 16.1. The maximum atomic E-state index is 13.7. The van der Waals surface area contributed by atoms with Crippen LogP contribution in [0, 0.1) is 17.2 Å². The van der Waals surface area contributed by atoms with Crippen LogP contribution < -0.4 is 0 Å². The highest BCUT2D eigenvalue weighted by Crippen LogP contribution is 2.40. The van der Waals surface area contributed by atoms with E-state index in [1.54, 1.807) is 6.07 Å². The number of nitrogens with zero attached hydrogens (tertiary/aromatic N) is 4. The number of aromatic nitrogens is 2. The van der Waals surface area contributed by atoms with Crippen molar-refractivity contribution in [3.63, 3.8) is 0 Å². The Balaban J connectivity index is 1.77. The van der Waals surface area contributed by atoms with Crippen LogP contribution >= 0.6 is 0 Å². The van der Waals surface area contributed by atoms with E-state index in [9.17, 15) is 32.0 Å². The number of carbonyl (C=O) groups is 1. The molecule has 0 aromatic carbocycles. The van der Waals surface area contributed by atoms with Crippen LogP contribution in [0.4, 0.5) is 22.0 Å². The van der Waals surface area contributed by atoms with E-state index in [1.165, 1.54) is 0 Å². The van der Waals surface area contributed by atoms with Crippen LogP contribution in [0.5, 0.6) is 0 Å². The van der Waals surface area contributed by atoms with Gasteiger partial charge in [-0.25, -0.2) is 18.7 Å². The fourth-order valence-electron chi connectivity index (χ4n) is 3.97. The maximum absolute atomic E-state index is 13.7. The summed E-state index contributed by atoms with van der Waals surface area (Å²) in [5.74, 6) is -3.90. The van der Waals surface area contributed by atoms with E-state index in [0.717, 1.165) is 21.6 Å². The molecule has 0 bridgehead atoms. The van der Waals surface area contributed by atoms with Crippen molar-refractivity contribution in [2.24, 2.45) is 5.92 Å². The monoisotopic (exact) mass is 444 g/mol. The second-order valence-electron chi connectivity index (χ2n) is 7.65. The summed E-state index contributed by atoms with van der Waals surface area (Å²) in [6, 6.07) is 4.09. The Bertz CT molecular complexity index is 1040. The van der Waals surface area contributed by atoms with Crippen molar-refractivity contribution in [3.05, 3.63) is 34.8 Å². The normalized spacial score (nSPS) is 19.7. The molecule has 1 saturated carbocycles. The van der Waals surface area contributed by atoms with E-state index in [0.29, 0.717) is 0 Å². The van der Waals surface area contributed by atoms with Crippen LogP contribution in [-0.4, -0.2) is 39.4 Å². The molecule has 0 unspecified atom stereocenters. The third kappa shape index (κ3) is 4.20. The third-order valence-corrected chi connectivity index (χ3v) is 5.51. The number of halogens is 5. The average molecular weight is 444 g/mol. The summed E-state index contributed by atoms with van der Waals surface area (Å²) in [6.45, 7) is 0.247. The smallest absolute Gasteiger partial charge is 0.287 e. The quantitative estimate of drug-likeness (QED) is 0.530. The first-order valence-electron chi connectivity index (χ1n) is 9.61. The Hall–Kier alpha value is -2.78. The number of nitriles is 1. The fourth-order valence-corrected chi connectivity index (χ4v) is 3.97. The number of alkyl halides is 5. The van der Waals surface area contributed by atoms with Crippen molar-refractivity contribution in [1.82, 2.24) is 14.4 Å². The van der Waals surface area contributed by atoms with Crippen LogP contribution in [0.15, 0.2) is 12.1 Å². The Morgan fingerprint density at radius 2 is 2.00 bits per heavy atom. The van der Waals surface area contributed by atoms with Crippen molar-refractivity contribution in [2.75, 3.05) is 13.2 Å². The summed E-state index contributed by atoms with van der Waals surface area (Å²) >= 11 is 0. The van der Waals surface area contributed by atoms with Gasteiger partial charge in [0.25, 0.3) is 5.91 Å². The molecule has 2 aromatic rings. The highest BCUT2D eigenvalue weighted by atomic mass is 19.4. The first kappa shape index (κ1) is 21.5. The van der Waals surface area contributed by atoms with Crippen LogP contribution in [-0.2, 0) is 22.5 Å². The molecule has 12 heteroatoms. The van der Waals surface area contributed by atoms with Gasteiger partial charge in [0.2, 0.25) is 5.92 Å². The molecule has 31 heavy (non-hydrogen) atoms. The summed E-state index contributed by atoms with van der Waals surface area (Å²) in [5.41, 5.74) is -2.00. The largest absolute Gasteiger partial charge is 0.435 e. The van der Waals surface area contributed by atoms with Gasteiger partial charge in [0.1, 0.15) is 24.0 Å². The van der Waals surface area contributed by atoms with Gasteiger partial charge in [-0.05, 0) is 37.3 Å². The first-order valence-corrected chi connectivity index (χ1v) is 9.61. The molecule has 0 radical (unpaired) electrons. The fraction of sp³-hybridized carbons (Fsp3) is 0.526. The predicted molar refractivity (Wildman–Crippen MR) is 93.6 cm³/mol. The first-order chi connectivity index (χ1) is 14.6. The number of hydroxylamine groups is 2. The molecular weight excluding hydrogens is 427 g/mol. The number of amides is 1.